The van der Waals surface area contributed by atoms with Gasteiger partial charge in [-0.05, 0) is 25.1 Å². The molecule has 7 heteroatoms. The monoisotopic (exact) mass is 384 g/mol. The Bertz CT molecular complexity index is 968. The summed E-state index contributed by atoms with van der Waals surface area (Å²) < 4.78 is 1.96. The summed E-state index contributed by atoms with van der Waals surface area (Å²) in [5.74, 6) is 0.420. The Morgan fingerprint density at radius 2 is 1.92 bits per heavy atom. The summed E-state index contributed by atoms with van der Waals surface area (Å²) in [6.45, 7) is 1.64. The van der Waals surface area contributed by atoms with Gasteiger partial charge in [0.05, 0.1) is 6.21 Å². The molecule has 0 bridgehead atoms. The first-order chi connectivity index (χ1) is 11.6. The Kier molecular flexibility index (Phi) is 4.52. The van der Waals surface area contributed by atoms with E-state index in [4.69, 9.17) is 0 Å². The smallest absolute Gasteiger partial charge is 0.301 e. The van der Waals surface area contributed by atoms with Gasteiger partial charge in [0.25, 0.3) is 0 Å². The van der Waals surface area contributed by atoms with Crippen LogP contribution in [-0.4, -0.2) is 26.2 Å². The van der Waals surface area contributed by atoms with E-state index in [1.165, 1.54) is 6.21 Å². The third-order valence-corrected chi connectivity index (χ3v) is 3.84. The van der Waals surface area contributed by atoms with Gasteiger partial charge in [-0.15, -0.1) is 10.2 Å². The lowest BCUT2D eigenvalue weighted by atomic mass is 10.2. The molecule has 0 radical (unpaired) electrons. The van der Waals surface area contributed by atoms with E-state index in [2.05, 4.69) is 31.2 Å². The van der Waals surface area contributed by atoms with Crippen molar-refractivity contribution in [2.45, 2.75) is 6.92 Å². The van der Waals surface area contributed by atoms with Crippen LogP contribution in [-0.2, 0) is 0 Å². The Morgan fingerprint density at radius 3 is 2.67 bits per heavy atom. The van der Waals surface area contributed by atoms with Crippen molar-refractivity contribution >= 4 is 22.1 Å². The Morgan fingerprint density at radius 1 is 1.17 bits per heavy atom. The highest BCUT2D eigenvalue weighted by atomic mass is 79.9. The lowest BCUT2D eigenvalue weighted by Gasteiger charge is -2.05. The average molecular weight is 385 g/mol. The predicted octanol–water partition coefficient (Wildman–Crippen LogP) is 2.96. The molecule has 0 unspecified atom stereocenters. The molecule has 0 spiro atoms. The molecular weight excluding hydrogens is 372 g/mol. The zero-order chi connectivity index (χ0) is 17.1. The second-order valence-electron chi connectivity index (χ2n) is 5.03. The van der Waals surface area contributed by atoms with Crippen LogP contribution in [0.25, 0.3) is 11.3 Å². The molecule has 3 aromatic rings. The fraction of sp³-hybridized carbons (Fsp3) is 0.0588. The van der Waals surface area contributed by atoms with Crippen LogP contribution in [0.5, 0.6) is 5.75 Å². The van der Waals surface area contributed by atoms with Crippen molar-refractivity contribution < 1.29 is 5.11 Å². The van der Waals surface area contributed by atoms with Crippen LogP contribution in [0.15, 0.2) is 62.9 Å². The summed E-state index contributed by atoms with van der Waals surface area (Å²) in [6, 6.07) is 14.0. The van der Waals surface area contributed by atoms with Crippen molar-refractivity contribution in [3.05, 3.63) is 74.7 Å². The van der Waals surface area contributed by atoms with Crippen LogP contribution in [0.2, 0.25) is 0 Å². The van der Waals surface area contributed by atoms with E-state index in [0.717, 1.165) is 9.15 Å². The van der Waals surface area contributed by atoms with Gasteiger partial charge in [0, 0.05) is 15.6 Å². The van der Waals surface area contributed by atoms with Crippen LogP contribution >= 0.6 is 15.9 Å². The molecule has 0 fully saturated rings. The molecule has 0 amide bonds. The number of aromatic nitrogens is 3. The van der Waals surface area contributed by atoms with E-state index in [1.54, 1.807) is 37.3 Å². The molecule has 2 aromatic carbocycles. The maximum absolute atomic E-state index is 12.6. The van der Waals surface area contributed by atoms with E-state index in [0.29, 0.717) is 17.0 Å². The summed E-state index contributed by atoms with van der Waals surface area (Å²) in [4.78, 5) is 12.6. The second-order valence-corrected chi connectivity index (χ2v) is 5.94. The molecule has 24 heavy (non-hydrogen) atoms. The fourth-order valence-corrected chi connectivity index (χ4v) is 2.50. The van der Waals surface area contributed by atoms with Crippen molar-refractivity contribution in [2.75, 3.05) is 0 Å². The third kappa shape index (κ3) is 3.26. The number of aromatic hydroxyl groups is 1. The van der Waals surface area contributed by atoms with Gasteiger partial charge in [0.1, 0.15) is 5.75 Å². The summed E-state index contributed by atoms with van der Waals surface area (Å²) >= 11 is 3.33. The molecule has 0 saturated carbocycles. The van der Waals surface area contributed by atoms with Gasteiger partial charge < -0.3 is 5.11 Å². The van der Waals surface area contributed by atoms with Crippen LogP contribution in [0.4, 0.5) is 0 Å². The fourth-order valence-electron chi connectivity index (χ4n) is 2.12. The zero-order valence-electron chi connectivity index (χ0n) is 12.7. The lowest BCUT2D eigenvalue weighted by molar-refractivity contribution is 0.474. The lowest BCUT2D eigenvalue weighted by Crippen LogP contribution is -2.23. The summed E-state index contributed by atoms with van der Waals surface area (Å²) in [6.07, 6.45) is 1.41. The third-order valence-electron chi connectivity index (χ3n) is 3.35. The van der Waals surface area contributed by atoms with E-state index >= 15 is 0 Å². The number of aryl methyl sites for hydroxylation is 1. The molecule has 1 aromatic heterocycles. The number of benzene rings is 2. The minimum atomic E-state index is -0.376. The highest BCUT2D eigenvalue weighted by Gasteiger charge is 2.10. The van der Waals surface area contributed by atoms with E-state index < -0.39 is 0 Å². The van der Waals surface area contributed by atoms with Crippen molar-refractivity contribution in [2.24, 2.45) is 5.10 Å². The van der Waals surface area contributed by atoms with Gasteiger partial charge in [-0.2, -0.15) is 9.78 Å². The first-order valence-corrected chi connectivity index (χ1v) is 7.90. The minimum absolute atomic E-state index is 0.0675. The topological polar surface area (TPSA) is 80.4 Å². The number of hydrogen-bond donors (Lipinski definition) is 1. The largest absolute Gasteiger partial charge is 0.507 e. The Hall–Kier alpha value is -2.80. The summed E-state index contributed by atoms with van der Waals surface area (Å²) in [5, 5.41) is 22.0. The standard InChI is InChI=1S/C17H13BrN4O2/c1-11-20-21-16(12-5-3-2-4-6-12)17(24)22(11)19-10-13-9-14(18)7-8-15(13)23/h2-10,23H,1H3/b19-10+. The molecule has 0 atom stereocenters. The molecule has 0 aliphatic rings. The first kappa shape index (κ1) is 16.1. The summed E-state index contributed by atoms with van der Waals surface area (Å²) in [5.41, 5.74) is 0.995. The quantitative estimate of drug-likeness (QED) is 0.703. The number of phenolic OH excluding ortho intramolecular Hbond substituents is 1. The average Bonchev–Trinajstić information content (AvgIpc) is 2.58. The highest BCUT2D eigenvalue weighted by molar-refractivity contribution is 9.10. The normalized spacial score (nSPS) is 11.1. The van der Waals surface area contributed by atoms with Crippen molar-refractivity contribution in [1.82, 2.24) is 14.9 Å². The maximum atomic E-state index is 12.6. The number of hydrogen-bond acceptors (Lipinski definition) is 5. The van der Waals surface area contributed by atoms with Crippen molar-refractivity contribution in [3.8, 4) is 17.0 Å². The number of rotatable bonds is 3. The molecular formula is C17H13BrN4O2. The molecule has 6 nitrogen and oxygen atoms in total. The predicted molar refractivity (Wildman–Crippen MR) is 95.3 cm³/mol. The Balaban J connectivity index is 2.07. The van der Waals surface area contributed by atoms with Gasteiger partial charge in [0.15, 0.2) is 11.5 Å². The second kappa shape index (κ2) is 6.76. The first-order valence-electron chi connectivity index (χ1n) is 7.11. The van der Waals surface area contributed by atoms with Crippen LogP contribution < -0.4 is 5.56 Å². The van der Waals surface area contributed by atoms with Crippen LogP contribution in [0.1, 0.15) is 11.4 Å². The maximum Gasteiger partial charge on any atom is 0.301 e. The van der Waals surface area contributed by atoms with Crippen molar-refractivity contribution in [3.63, 3.8) is 0 Å². The molecule has 1 N–H and O–H groups in total. The minimum Gasteiger partial charge on any atom is -0.507 e. The van der Waals surface area contributed by atoms with E-state index in [-0.39, 0.29) is 17.0 Å². The zero-order valence-corrected chi connectivity index (χ0v) is 14.3. The Labute approximate surface area is 146 Å². The van der Waals surface area contributed by atoms with Gasteiger partial charge in [0.2, 0.25) is 0 Å². The van der Waals surface area contributed by atoms with Gasteiger partial charge >= 0.3 is 5.56 Å². The molecule has 0 aliphatic carbocycles. The molecule has 3 rings (SSSR count). The number of halogens is 1. The number of nitrogens with zero attached hydrogens (tertiary/aromatic N) is 4. The van der Waals surface area contributed by atoms with Crippen LogP contribution in [0, 0.1) is 6.92 Å². The van der Waals surface area contributed by atoms with Gasteiger partial charge in [-0.3, -0.25) is 4.79 Å². The molecule has 120 valence electrons. The van der Waals surface area contributed by atoms with E-state index in [1.807, 2.05) is 18.2 Å². The van der Waals surface area contributed by atoms with Gasteiger partial charge in [-0.1, -0.05) is 46.3 Å². The highest BCUT2D eigenvalue weighted by Crippen LogP contribution is 2.20. The van der Waals surface area contributed by atoms with Crippen molar-refractivity contribution in [1.29, 1.82) is 0 Å². The SMILES string of the molecule is Cc1nnc(-c2ccccc2)c(=O)n1/N=C/c1cc(Br)ccc1O. The number of phenols is 1. The molecule has 1 heterocycles. The summed E-state index contributed by atoms with van der Waals surface area (Å²) in [7, 11) is 0. The van der Waals surface area contributed by atoms with Crippen LogP contribution in [0.3, 0.4) is 0 Å². The van der Waals surface area contributed by atoms with E-state index in [9.17, 15) is 9.90 Å². The molecule has 0 aliphatic heterocycles. The molecule has 0 saturated heterocycles. The van der Waals surface area contributed by atoms with Gasteiger partial charge in [-0.25, -0.2) is 0 Å².